The van der Waals surface area contributed by atoms with Crippen molar-refractivity contribution in [3.63, 3.8) is 0 Å². The van der Waals surface area contributed by atoms with Crippen LogP contribution in [0.3, 0.4) is 0 Å². The summed E-state index contributed by atoms with van der Waals surface area (Å²) < 4.78 is 5.40. The van der Waals surface area contributed by atoms with Gasteiger partial charge in [0.15, 0.2) is 0 Å². The van der Waals surface area contributed by atoms with Crippen LogP contribution in [0.25, 0.3) is 22.8 Å². The van der Waals surface area contributed by atoms with Crippen molar-refractivity contribution in [2.45, 2.75) is 32.4 Å². The Bertz CT molecular complexity index is 1190. The third kappa shape index (κ3) is 4.15. The number of urea groups is 2. The minimum absolute atomic E-state index is 0.0185. The molecular formula is C22H22N6O4. The van der Waals surface area contributed by atoms with E-state index in [0.717, 1.165) is 0 Å². The summed E-state index contributed by atoms with van der Waals surface area (Å²) in [6.45, 7) is 5.39. The van der Waals surface area contributed by atoms with Crippen molar-refractivity contribution >= 4 is 23.7 Å². The maximum Gasteiger partial charge on any atom is 0.322 e. The van der Waals surface area contributed by atoms with Crippen molar-refractivity contribution in [2.75, 3.05) is 5.32 Å². The number of imide groups is 1. The highest BCUT2D eigenvalue weighted by Crippen LogP contribution is 2.28. The number of nitrogens with one attached hydrogen (secondary N) is 4. The first kappa shape index (κ1) is 21.0. The van der Waals surface area contributed by atoms with E-state index in [2.05, 4.69) is 31.4 Å². The van der Waals surface area contributed by atoms with E-state index in [4.69, 9.17) is 4.52 Å². The Kier molecular flexibility index (Phi) is 5.35. The van der Waals surface area contributed by atoms with Gasteiger partial charge in [-0.15, -0.1) is 0 Å². The second-order valence-electron chi connectivity index (χ2n) is 7.87. The van der Waals surface area contributed by atoms with E-state index in [1.54, 1.807) is 55.5 Å². The minimum atomic E-state index is -1.13. The Hall–Kier alpha value is -4.21. The molecule has 32 heavy (non-hydrogen) atoms. The number of hydrogen-bond acceptors (Lipinski definition) is 6. The maximum atomic E-state index is 12.1. The first-order valence-corrected chi connectivity index (χ1v) is 10.0. The van der Waals surface area contributed by atoms with Crippen LogP contribution in [0.1, 0.15) is 26.3 Å². The quantitative estimate of drug-likeness (QED) is 0.456. The molecule has 0 saturated carbocycles. The Morgan fingerprint density at radius 3 is 2.50 bits per heavy atom. The predicted molar refractivity (Wildman–Crippen MR) is 116 cm³/mol. The van der Waals surface area contributed by atoms with Crippen molar-refractivity contribution in [1.82, 2.24) is 26.1 Å². The number of hydrogen-bond donors (Lipinski definition) is 4. The average Bonchev–Trinajstić information content (AvgIpc) is 3.33. The fourth-order valence-electron chi connectivity index (χ4n) is 3.32. The van der Waals surface area contributed by atoms with Crippen LogP contribution in [0.2, 0.25) is 0 Å². The molecule has 0 spiro atoms. The molecular weight excluding hydrogens is 412 g/mol. The van der Waals surface area contributed by atoms with E-state index >= 15 is 0 Å². The smallest absolute Gasteiger partial charge is 0.322 e. The fraction of sp³-hybridized carbons (Fsp3) is 0.227. The molecule has 10 heteroatoms. The Morgan fingerprint density at radius 2 is 1.84 bits per heavy atom. The van der Waals surface area contributed by atoms with E-state index in [9.17, 15) is 14.4 Å². The average molecular weight is 434 g/mol. The number of anilines is 1. The van der Waals surface area contributed by atoms with Crippen molar-refractivity contribution in [3.8, 4) is 22.8 Å². The van der Waals surface area contributed by atoms with Gasteiger partial charge in [-0.3, -0.25) is 10.1 Å². The second kappa shape index (κ2) is 8.14. The number of carbonyl (C=O) groups excluding carboxylic acids is 3. The monoisotopic (exact) mass is 434 g/mol. The van der Waals surface area contributed by atoms with Gasteiger partial charge in [0.1, 0.15) is 5.54 Å². The van der Waals surface area contributed by atoms with Crippen molar-refractivity contribution < 1.29 is 18.9 Å². The largest absolute Gasteiger partial charge is 0.336 e. The Labute approximate surface area is 183 Å². The molecule has 0 aliphatic carbocycles. The summed E-state index contributed by atoms with van der Waals surface area (Å²) in [5, 5.41) is 14.4. The summed E-state index contributed by atoms with van der Waals surface area (Å²) in [5.74, 6) is 0.256. The van der Waals surface area contributed by atoms with Gasteiger partial charge in [-0.1, -0.05) is 35.5 Å². The van der Waals surface area contributed by atoms with Gasteiger partial charge in [0, 0.05) is 22.9 Å². The lowest BCUT2D eigenvalue weighted by molar-refractivity contribution is -0.123. The van der Waals surface area contributed by atoms with Gasteiger partial charge in [0.05, 0.1) is 0 Å². The zero-order chi connectivity index (χ0) is 22.9. The number of carbonyl (C=O) groups is 3. The lowest BCUT2D eigenvalue weighted by Gasteiger charge is -2.20. The van der Waals surface area contributed by atoms with Crippen LogP contribution in [0.15, 0.2) is 53.1 Å². The zero-order valence-electron chi connectivity index (χ0n) is 17.7. The molecule has 1 aliphatic heterocycles. The molecule has 1 aliphatic rings. The summed E-state index contributed by atoms with van der Waals surface area (Å²) in [5.41, 5.74) is 1.43. The highest BCUT2D eigenvalue weighted by molar-refractivity contribution is 6.07. The van der Waals surface area contributed by atoms with Gasteiger partial charge in [-0.2, -0.15) is 4.98 Å². The van der Waals surface area contributed by atoms with Gasteiger partial charge >= 0.3 is 12.1 Å². The molecule has 1 aromatic heterocycles. The third-order valence-electron chi connectivity index (χ3n) is 4.98. The van der Waals surface area contributed by atoms with E-state index in [-0.39, 0.29) is 12.1 Å². The lowest BCUT2D eigenvalue weighted by atomic mass is 9.91. The maximum absolute atomic E-state index is 12.1. The van der Waals surface area contributed by atoms with E-state index in [1.807, 2.05) is 13.8 Å². The fourth-order valence-corrected chi connectivity index (χ4v) is 3.32. The molecule has 10 nitrogen and oxygen atoms in total. The van der Waals surface area contributed by atoms with Gasteiger partial charge in [-0.25, -0.2) is 9.59 Å². The molecule has 1 fully saturated rings. The molecule has 3 aromatic rings. The van der Waals surface area contributed by atoms with Crippen molar-refractivity contribution in [1.29, 1.82) is 0 Å². The molecule has 2 heterocycles. The summed E-state index contributed by atoms with van der Waals surface area (Å²) in [4.78, 5) is 40.0. The standard InChI is InChI=1S/C22H22N6O4/c1-12(2)23-20(30)24-16-6-4-5-14(11-16)18-25-17(28-32-18)13-7-9-15(10-8-13)22(3)19(29)26-21(31)27-22/h4-12H,1-3H3,(H2,23,24,30)(H2,26,27,29,31). The molecule has 4 N–H and O–H groups in total. The number of aromatic nitrogens is 2. The topological polar surface area (TPSA) is 138 Å². The molecule has 2 aromatic carbocycles. The molecule has 164 valence electrons. The highest BCUT2D eigenvalue weighted by atomic mass is 16.5. The van der Waals surface area contributed by atoms with Gasteiger partial charge in [0.2, 0.25) is 5.82 Å². The first-order chi connectivity index (χ1) is 15.2. The minimum Gasteiger partial charge on any atom is -0.336 e. The number of amides is 5. The summed E-state index contributed by atoms with van der Waals surface area (Å²) >= 11 is 0. The molecule has 4 rings (SSSR count). The normalized spacial score (nSPS) is 17.8. The third-order valence-corrected chi connectivity index (χ3v) is 4.98. The number of rotatable bonds is 5. The van der Waals surface area contributed by atoms with Gasteiger partial charge in [0.25, 0.3) is 11.8 Å². The SMILES string of the molecule is CC(C)NC(=O)Nc1cccc(-c2nc(-c3ccc(C4(C)NC(=O)NC4=O)cc3)no2)c1. The van der Waals surface area contributed by atoms with Gasteiger partial charge in [-0.05, 0) is 44.5 Å². The van der Waals surface area contributed by atoms with E-state index < -0.39 is 17.5 Å². The van der Waals surface area contributed by atoms with E-state index in [0.29, 0.717) is 34.1 Å². The molecule has 1 unspecified atom stereocenters. The summed E-state index contributed by atoms with van der Waals surface area (Å²) in [6.07, 6.45) is 0. The van der Waals surface area contributed by atoms with Crippen LogP contribution in [-0.4, -0.2) is 34.2 Å². The van der Waals surface area contributed by atoms with Crippen molar-refractivity contribution in [2.24, 2.45) is 0 Å². The lowest BCUT2D eigenvalue weighted by Crippen LogP contribution is -2.40. The Morgan fingerprint density at radius 1 is 1.09 bits per heavy atom. The molecule has 5 amide bonds. The first-order valence-electron chi connectivity index (χ1n) is 10.0. The summed E-state index contributed by atoms with van der Waals surface area (Å²) in [7, 11) is 0. The molecule has 0 bridgehead atoms. The molecule has 1 atom stereocenters. The predicted octanol–water partition coefficient (Wildman–Crippen LogP) is 2.99. The summed E-state index contributed by atoms with van der Waals surface area (Å²) in [6, 6.07) is 13.2. The van der Waals surface area contributed by atoms with Crippen LogP contribution < -0.4 is 21.3 Å². The second-order valence-corrected chi connectivity index (χ2v) is 7.87. The number of benzene rings is 2. The molecule has 1 saturated heterocycles. The van der Waals surface area contributed by atoms with Crippen molar-refractivity contribution in [3.05, 3.63) is 54.1 Å². The van der Waals surface area contributed by atoms with Crippen LogP contribution in [-0.2, 0) is 10.3 Å². The highest BCUT2D eigenvalue weighted by Gasteiger charge is 2.43. The number of nitrogens with zero attached hydrogens (tertiary/aromatic N) is 2. The zero-order valence-corrected chi connectivity index (χ0v) is 17.7. The van der Waals surface area contributed by atoms with Crippen LogP contribution in [0.5, 0.6) is 0 Å². The Balaban J connectivity index is 1.52. The van der Waals surface area contributed by atoms with Gasteiger partial charge < -0.3 is 20.5 Å². The van der Waals surface area contributed by atoms with Crippen LogP contribution in [0.4, 0.5) is 15.3 Å². The van der Waals surface area contributed by atoms with E-state index in [1.165, 1.54) is 0 Å². The van der Waals surface area contributed by atoms with Crippen LogP contribution in [0, 0.1) is 0 Å². The molecule has 0 radical (unpaired) electrons. The van der Waals surface area contributed by atoms with Crippen LogP contribution >= 0.6 is 0 Å².